The number of unbranched alkanes of at least 4 members (excludes halogenated alkanes) is 2. The van der Waals surface area contributed by atoms with E-state index < -0.39 is 12.2 Å². The van der Waals surface area contributed by atoms with Crippen molar-refractivity contribution < 1.29 is 15.3 Å². The zero-order valence-electron chi connectivity index (χ0n) is 12.3. The molecule has 5 atom stereocenters. The second-order valence-electron chi connectivity index (χ2n) is 5.97. The third kappa shape index (κ3) is 5.64. The van der Waals surface area contributed by atoms with E-state index in [0.717, 1.165) is 19.3 Å². The summed E-state index contributed by atoms with van der Waals surface area (Å²) in [6.07, 6.45) is 9.52. The quantitative estimate of drug-likeness (QED) is 0.469. The van der Waals surface area contributed by atoms with Crippen LogP contribution in [0, 0.1) is 11.8 Å². The van der Waals surface area contributed by atoms with E-state index in [1.807, 2.05) is 0 Å². The van der Waals surface area contributed by atoms with E-state index in [1.54, 1.807) is 6.92 Å². The van der Waals surface area contributed by atoms with Gasteiger partial charge >= 0.3 is 0 Å². The van der Waals surface area contributed by atoms with Gasteiger partial charge in [-0.2, -0.15) is 0 Å². The molecule has 0 unspecified atom stereocenters. The molecule has 0 bridgehead atoms. The lowest BCUT2D eigenvalue weighted by Crippen LogP contribution is -2.23. The maximum Gasteiger partial charge on any atom is 0.0599 e. The highest BCUT2D eigenvalue weighted by atomic mass is 16.3. The molecule has 1 fully saturated rings. The Balaban J connectivity index is 2.44. The van der Waals surface area contributed by atoms with Crippen molar-refractivity contribution in [3.63, 3.8) is 0 Å². The summed E-state index contributed by atoms with van der Waals surface area (Å²) in [4.78, 5) is 0. The Hall–Kier alpha value is -0.380. The summed E-state index contributed by atoms with van der Waals surface area (Å²) >= 11 is 0. The molecular formula is C16H30O3. The molecule has 3 heteroatoms. The summed E-state index contributed by atoms with van der Waals surface area (Å²) in [5, 5.41) is 29.4. The highest BCUT2D eigenvalue weighted by Gasteiger charge is 2.40. The van der Waals surface area contributed by atoms with Gasteiger partial charge in [-0.05, 0) is 50.9 Å². The number of allylic oxidation sites excluding steroid dienone is 2. The van der Waals surface area contributed by atoms with Crippen LogP contribution in [0.3, 0.4) is 0 Å². The summed E-state index contributed by atoms with van der Waals surface area (Å²) in [6, 6.07) is 0. The second-order valence-corrected chi connectivity index (χ2v) is 5.97. The van der Waals surface area contributed by atoms with E-state index >= 15 is 0 Å². The molecule has 1 saturated carbocycles. The fourth-order valence-corrected chi connectivity index (χ4v) is 3.03. The number of hydrogen-bond acceptors (Lipinski definition) is 3. The van der Waals surface area contributed by atoms with Gasteiger partial charge in [0.25, 0.3) is 0 Å². The van der Waals surface area contributed by atoms with E-state index in [0.29, 0.717) is 12.8 Å². The van der Waals surface area contributed by atoms with Crippen molar-refractivity contribution in [2.75, 3.05) is 0 Å². The minimum Gasteiger partial charge on any atom is -0.393 e. The van der Waals surface area contributed by atoms with Crippen molar-refractivity contribution in [2.24, 2.45) is 11.8 Å². The number of hydrogen-bond donors (Lipinski definition) is 3. The summed E-state index contributed by atoms with van der Waals surface area (Å²) in [6.45, 7) is 3.95. The van der Waals surface area contributed by atoms with Crippen LogP contribution in [-0.4, -0.2) is 33.6 Å². The van der Waals surface area contributed by atoms with E-state index in [2.05, 4.69) is 19.1 Å². The lowest BCUT2D eigenvalue weighted by atomic mass is 9.86. The van der Waals surface area contributed by atoms with Crippen molar-refractivity contribution in [1.82, 2.24) is 0 Å². The number of aliphatic hydroxyl groups excluding tert-OH is 3. The Labute approximate surface area is 117 Å². The summed E-state index contributed by atoms with van der Waals surface area (Å²) in [7, 11) is 0. The van der Waals surface area contributed by atoms with Crippen molar-refractivity contribution in [3.05, 3.63) is 12.2 Å². The topological polar surface area (TPSA) is 60.7 Å². The van der Waals surface area contributed by atoms with Crippen LogP contribution < -0.4 is 0 Å². The van der Waals surface area contributed by atoms with E-state index in [1.165, 1.54) is 12.8 Å². The molecule has 1 rings (SSSR count). The molecule has 112 valence electrons. The minimum absolute atomic E-state index is 0.125. The molecule has 0 aromatic carbocycles. The highest BCUT2D eigenvalue weighted by Crippen LogP contribution is 2.38. The van der Waals surface area contributed by atoms with Crippen LogP contribution in [0.15, 0.2) is 12.2 Å². The van der Waals surface area contributed by atoms with Gasteiger partial charge < -0.3 is 15.3 Å². The van der Waals surface area contributed by atoms with E-state index in [4.69, 9.17) is 0 Å². The van der Waals surface area contributed by atoms with Gasteiger partial charge in [0, 0.05) is 0 Å². The SMILES string of the molecule is CCCC/C=C\C[C@@H]1[C@@H](CC[C@H](C)O)[C@H](O)C[C@@H]1O. The minimum atomic E-state index is -0.414. The van der Waals surface area contributed by atoms with Crippen molar-refractivity contribution in [1.29, 1.82) is 0 Å². The van der Waals surface area contributed by atoms with Crippen molar-refractivity contribution in [3.8, 4) is 0 Å². The molecule has 0 saturated heterocycles. The number of aliphatic hydroxyl groups is 3. The van der Waals surface area contributed by atoms with Crippen molar-refractivity contribution in [2.45, 2.75) is 77.1 Å². The molecule has 0 radical (unpaired) electrons. The Morgan fingerprint density at radius 2 is 1.84 bits per heavy atom. The van der Waals surface area contributed by atoms with Gasteiger partial charge in [-0.15, -0.1) is 0 Å². The summed E-state index contributed by atoms with van der Waals surface area (Å²) in [5.41, 5.74) is 0. The fraction of sp³-hybridized carbons (Fsp3) is 0.875. The molecule has 0 aromatic heterocycles. The van der Waals surface area contributed by atoms with Gasteiger partial charge in [0.05, 0.1) is 18.3 Å². The fourth-order valence-electron chi connectivity index (χ4n) is 3.03. The average Bonchev–Trinajstić information content (AvgIpc) is 2.61. The van der Waals surface area contributed by atoms with E-state index in [-0.39, 0.29) is 17.9 Å². The molecule has 19 heavy (non-hydrogen) atoms. The summed E-state index contributed by atoms with van der Waals surface area (Å²) < 4.78 is 0. The lowest BCUT2D eigenvalue weighted by Gasteiger charge is -2.23. The van der Waals surface area contributed by atoms with Crippen LogP contribution in [-0.2, 0) is 0 Å². The van der Waals surface area contributed by atoms with Crippen molar-refractivity contribution >= 4 is 0 Å². The van der Waals surface area contributed by atoms with Gasteiger partial charge in [0.15, 0.2) is 0 Å². The number of rotatable bonds is 8. The van der Waals surface area contributed by atoms with Gasteiger partial charge in [-0.1, -0.05) is 31.9 Å². The maximum atomic E-state index is 10.0. The third-order valence-corrected chi connectivity index (χ3v) is 4.24. The Morgan fingerprint density at radius 1 is 1.16 bits per heavy atom. The van der Waals surface area contributed by atoms with Gasteiger partial charge in [-0.25, -0.2) is 0 Å². The average molecular weight is 270 g/mol. The van der Waals surface area contributed by atoms with Gasteiger partial charge in [-0.3, -0.25) is 0 Å². The zero-order valence-corrected chi connectivity index (χ0v) is 12.3. The molecule has 0 aliphatic heterocycles. The first-order chi connectivity index (χ1) is 9.06. The smallest absolute Gasteiger partial charge is 0.0599 e. The normalized spacial score (nSPS) is 33.1. The van der Waals surface area contributed by atoms with Gasteiger partial charge in [0.1, 0.15) is 0 Å². The Bertz CT molecular complexity index is 263. The highest BCUT2D eigenvalue weighted by molar-refractivity contribution is 4.96. The molecule has 3 N–H and O–H groups in total. The zero-order chi connectivity index (χ0) is 14.3. The van der Waals surface area contributed by atoms with Gasteiger partial charge in [0.2, 0.25) is 0 Å². The summed E-state index contributed by atoms with van der Waals surface area (Å²) in [5.74, 6) is 0.270. The maximum absolute atomic E-state index is 10.0. The van der Waals surface area contributed by atoms with Crippen LogP contribution in [0.2, 0.25) is 0 Å². The molecular weight excluding hydrogens is 240 g/mol. The lowest BCUT2D eigenvalue weighted by molar-refractivity contribution is 0.0921. The molecule has 3 nitrogen and oxygen atoms in total. The Kier molecular flexibility index (Phi) is 7.66. The largest absolute Gasteiger partial charge is 0.393 e. The first-order valence-electron chi connectivity index (χ1n) is 7.75. The predicted octanol–water partition coefficient (Wildman–Crippen LogP) is 2.64. The van der Waals surface area contributed by atoms with Crippen LogP contribution in [0.1, 0.15) is 58.8 Å². The molecule has 0 heterocycles. The molecule has 0 spiro atoms. The predicted molar refractivity (Wildman–Crippen MR) is 77.8 cm³/mol. The van der Waals surface area contributed by atoms with Crippen LogP contribution in [0.25, 0.3) is 0 Å². The van der Waals surface area contributed by atoms with E-state index in [9.17, 15) is 15.3 Å². The molecule has 0 aromatic rings. The van der Waals surface area contributed by atoms with Crippen LogP contribution in [0.5, 0.6) is 0 Å². The monoisotopic (exact) mass is 270 g/mol. The first kappa shape index (κ1) is 16.7. The molecule has 1 aliphatic carbocycles. The van der Waals surface area contributed by atoms with Crippen LogP contribution in [0.4, 0.5) is 0 Å². The third-order valence-electron chi connectivity index (χ3n) is 4.24. The molecule has 0 amide bonds. The van der Waals surface area contributed by atoms with Crippen LogP contribution >= 0.6 is 0 Å². The second kappa shape index (κ2) is 8.72. The Morgan fingerprint density at radius 3 is 2.47 bits per heavy atom. The standard InChI is InChI=1S/C16H30O3/c1-3-4-5-6-7-8-13-14(10-9-12(2)17)16(19)11-15(13)18/h6-7,12-19H,3-5,8-11H2,1-2H3/b7-6-/t12-,13+,14+,15-,16+/m0/s1. The molecule has 1 aliphatic rings. The first-order valence-corrected chi connectivity index (χ1v) is 7.75.